The van der Waals surface area contributed by atoms with E-state index in [0.29, 0.717) is 7.18 Å². The molecule has 70 valence electrons. The molecule has 0 unspecified atom stereocenters. The average molecular weight is 330 g/mol. The van der Waals surface area contributed by atoms with Crippen LogP contribution in [0.1, 0.15) is 13.8 Å². The van der Waals surface area contributed by atoms with Crippen LogP contribution in [0, 0.1) is 13.5 Å². The van der Waals surface area contributed by atoms with Crippen LogP contribution < -0.4 is 0 Å². The van der Waals surface area contributed by atoms with Gasteiger partial charge in [0.1, 0.15) is 0 Å². The van der Waals surface area contributed by atoms with Crippen molar-refractivity contribution in [2.24, 2.45) is 0 Å². The minimum absolute atomic E-state index is 0. The molecular weight excluding hydrogens is 316 g/mol. The van der Waals surface area contributed by atoms with Crippen LogP contribution in [0.2, 0.25) is 0 Å². The van der Waals surface area contributed by atoms with Gasteiger partial charge in [-0.15, -0.1) is 6.61 Å². The molecule has 0 aliphatic carbocycles. The van der Waals surface area contributed by atoms with Crippen molar-refractivity contribution in [1.29, 1.82) is 0 Å². The minimum Gasteiger partial charge on any atom is -0.580 e. The molecule has 0 saturated heterocycles. The molecular formula is C7H14F2OY2-2. The van der Waals surface area contributed by atoms with Crippen LogP contribution in [0.3, 0.4) is 0 Å². The van der Waals surface area contributed by atoms with E-state index in [-0.39, 0.29) is 72.0 Å². The van der Waals surface area contributed by atoms with E-state index >= 15 is 0 Å². The van der Waals surface area contributed by atoms with Crippen molar-refractivity contribution in [3.8, 4) is 0 Å². The number of rotatable bonds is 3. The number of alkyl halides is 2. The Morgan fingerprint density at radius 1 is 1.33 bits per heavy atom. The van der Waals surface area contributed by atoms with Gasteiger partial charge in [-0.1, -0.05) is 13.8 Å². The molecule has 0 amide bonds. The third-order valence-electron chi connectivity index (χ3n) is 0.687. The van der Waals surface area contributed by atoms with E-state index in [0.717, 1.165) is 0 Å². The summed E-state index contributed by atoms with van der Waals surface area (Å²) in [6.45, 7) is 3.20. The second-order valence-electron chi connectivity index (χ2n) is 2.14. The minimum atomic E-state index is -1.24. The molecule has 0 aromatic heterocycles. The molecule has 0 spiro atoms. The third kappa shape index (κ3) is 29.6. The van der Waals surface area contributed by atoms with Crippen LogP contribution in [0.4, 0.5) is 8.78 Å². The average Bonchev–Trinajstić information content (AvgIpc) is 1.87. The molecule has 5 heteroatoms. The summed E-state index contributed by atoms with van der Waals surface area (Å²) < 4.78 is 26.3. The molecule has 0 fully saturated rings. The molecule has 0 aliphatic heterocycles. The monoisotopic (exact) mass is 330 g/mol. The van der Waals surface area contributed by atoms with Gasteiger partial charge in [-0.25, -0.2) is 7.11 Å². The molecule has 1 nitrogen and oxygen atoms in total. The van der Waals surface area contributed by atoms with Gasteiger partial charge in [0.2, 0.25) is 0 Å². The first-order valence-corrected chi connectivity index (χ1v) is 2.84. The molecule has 0 heterocycles. The van der Waals surface area contributed by atoms with Crippen molar-refractivity contribution in [3.63, 3.8) is 0 Å². The molecule has 0 rings (SSSR count). The second-order valence-corrected chi connectivity index (χ2v) is 2.14. The van der Waals surface area contributed by atoms with Gasteiger partial charge in [0.25, 0.3) is 0 Å². The van der Waals surface area contributed by atoms with Gasteiger partial charge in [-0.3, -0.25) is 15.2 Å². The Labute approximate surface area is 124 Å². The molecule has 0 saturated carbocycles. The largest absolute Gasteiger partial charge is 0.580 e. The SMILES string of the molecule is CF.[CH2-]OC[CH-]C(C)(C)F.[Y].[Y]. The molecule has 0 aromatic rings. The van der Waals surface area contributed by atoms with Crippen LogP contribution in [0.25, 0.3) is 0 Å². The molecule has 0 atom stereocenters. The predicted octanol–water partition coefficient (Wildman–Crippen LogP) is 2.33. The van der Waals surface area contributed by atoms with Crippen molar-refractivity contribution >= 4 is 0 Å². The summed E-state index contributed by atoms with van der Waals surface area (Å²) in [5.74, 6) is 0. The predicted molar refractivity (Wildman–Crippen MR) is 37.8 cm³/mol. The summed E-state index contributed by atoms with van der Waals surface area (Å²) in [5.41, 5.74) is -1.24. The van der Waals surface area contributed by atoms with Gasteiger partial charge in [0, 0.05) is 65.4 Å². The summed E-state index contributed by atoms with van der Waals surface area (Å²) in [6, 6.07) is 0. The fraction of sp³-hybridized carbons (Fsp3) is 0.714. The van der Waals surface area contributed by atoms with Crippen LogP contribution >= 0.6 is 0 Å². The van der Waals surface area contributed by atoms with Gasteiger partial charge in [0.15, 0.2) is 0 Å². The molecule has 0 N–H and O–H groups in total. The van der Waals surface area contributed by atoms with Crippen molar-refractivity contribution in [3.05, 3.63) is 13.5 Å². The van der Waals surface area contributed by atoms with Gasteiger partial charge < -0.3 is 4.74 Å². The Kier molecular flexibility index (Phi) is 30.6. The zero-order valence-corrected chi connectivity index (χ0v) is 13.5. The fourth-order valence-corrected chi connectivity index (χ4v) is 0.257. The second kappa shape index (κ2) is 15.5. The number of ether oxygens (including phenoxy) is 1. The summed E-state index contributed by atoms with van der Waals surface area (Å²) >= 11 is 0. The Morgan fingerprint density at radius 3 is 1.75 bits per heavy atom. The third-order valence-corrected chi connectivity index (χ3v) is 0.687. The summed E-state index contributed by atoms with van der Waals surface area (Å²) in [7, 11) is 3.59. The van der Waals surface area contributed by atoms with E-state index in [9.17, 15) is 8.78 Å². The number of hydrogen-bond donors (Lipinski definition) is 0. The van der Waals surface area contributed by atoms with E-state index in [1.165, 1.54) is 20.3 Å². The maximum absolute atomic E-state index is 12.4. The molecule has 12 heavy (non-hydrogen) atoms. The van der Waals surface area contributed by atoms with E-state index in [1.807, 2.05) is 0 Å². The summed E-state index contributed by atoms with van der Waals surface area (Å²) in [5, 5.41) is 0. The number of hydrogen-bond acceptors (Lipinski definition) is 1. The first-order chi connectivity index (χ1) is 4.56. The van der Waals surface area contributed by atoms with E-state index < -0.39 is 5.67 Å². The van der Waals surface area contributed by atoms with Gasteiger partial charge in [0.05, 0.1) is 7.18 Å². The van der Waals surface area contributed by atoms with Gasteiger partial charge in [-0.05, 0) is 5.67 Å². The van der Waals surface area contributed by atoms with E-state index in [1.54, 1.807) is 0 Å². The Morgan fingerprint density at radius 2 is 1.67 bits per heavy atom. The normalized spacial score (nSPS) is 8.50. The standard InChI is InChI=1S/C6H11FO.CH3F.2Y/c1-6(2,7)4-5-8-3;1-2;;/h4H,3,5H2,1-2H3;1H3;;/q-2;;;. The molecule has 0 aliphatic rings. The first kappa shape index (κ1) is 23.7. The van der Waals surface area contributed by atoms with Crippen molar-refractivity contribution in [2.45, 2.75) is 19.5 Å². The van der Waals surface area contributed by atoms with Crippen molar-refractivity contribution < 1.29 is 78.9 Å². The molecule has 2 radical (unpaired) electrons. The quantitative estimate of drug-likeness (QED) is 0.722. The van der Waals surface area contributed by atoms with E-state index in [4.69, 9.17) is 0 Å². The zero-order chi connectivity index (χ0) is 8.62. The first-order valence-electron chi connectivity index (χ1n) is 2.84. The van der Waals surface area contributed by atoms with Crippen molar-refractivity contribution in [2.75, 3.05) is 13.8 Å². The number of halogens is 2. The molecule has 0 aromatic carbocycles. The maximum Gasteiger partial charge on any atom is 0.0785 e. The van der Waals surface area contributed by atoms with E-state index in [2.05, 4.69) is 11.8 Å². The van der Waals surface area contributed by atoms with Crippen LogP contribution in [0.15, 0.2) is 0 Å². The van der Waals surface area contributed by atoms with Crippen LogP contribution in [-0.2, 0) is 70.2 Å². The Bertz CT molecular complexity index is 66.9. The Hall–Kier alpha value is 2.03. The smallest absolute Gasteiger partial charge is 0.0785 e. The maximum atomic E-state index is 12.4. The fourth-order valence-electron chi connectivity index (χ4n) is 0.257. The van der Waals surface area contributed by atoms with Crippen LogP contribution in [0.5, 0.6) is 0 Å². The van der Waals surface area contributed by atoms with Gasteiger partial charge in [-0.2, -0.15) is 0 Å². The topological polar surface area (TPSA) is 9.23 Å². The molecule has 0 bridgehead atoms. The van der Waals surface area contributed by atoms with Crippen molar-refractivity contribution in [1.82, 2.24) is 0 Å². The summed E-state index contributed by atoms with van der Waals surface area (Å²) in [6.07, 6.45) is 1.42. The van der Waals surface area contributed by atoms with Gasteiger partial charge >= 0.3 is 0 Å². The van der Waals surface area contributed by atoms with Crippen LogP contribution in [-0.4, -0.2) is 19.5 Å². The summed E-state index contributed by atoms with van der Waals surface area (Å²) in [4.78, 5) is 0. The zero-order valence-electron chi connectivity index (χ0n) is 7.81. The Balaban J connectivity index is -0.0000000740.